The van der Waals surface area contributed by atoms with E-state index in [9.17, 15) is 4.79 Å². The monoisotopic (exact) mass is 337 g/mol. The third-order valence-electron chi connectivity index (χ3n) is 4.71. The zero-order valence-corrected chi connectivity index (χ0v) is 14.1. The van der Waals surface area contributed by atoms with Crippen LogP contribution in [0.5, 0.6) is 0 Å². The van der Waals surface area contributed by atoms with Crippen LogP contribution in [0.15, 0.2) is 65.7 Å². The van der Waals surface area contributed by atoms with Gasteiger partial charge in [0.05, 0.1) is 0 Å². The highest BCUT2D eigenvalue weighted by Crippen LogP contribution is 2.42. The van der Waals surface area contributed by atoms with Crippen molar-refractivity contribution in [3.8, 4) is 0 Å². The highest BCUT2D eigenvalue weighted by Gasteiger charge is 2.47. The van der Waals surface area contributed by atoms with E-state index in [1.54, 1.807) is 11.8 Å². The Morgan fingerprint density at radius 1 is 1.12 bits per heavy atom. The van der Waals surface area contributed by atoms with E-state index in [-0.39, 0.29) is 11.4 Å². The van der Waals surface area contributed by atoms with E-state index in [1.165, 1.54) is 5.56 Å². The molecule has 2 heterocycles. The second-order valence-electron chi connectivity index (χ2n) is 6.17. The summed E-state index contributed by atoms with van der Waals surface area (Å²) in [5, 5.41) is 7.18. The van der Waals surface area contributed by atoms with E-state index in [0.29, 0.717) is 16.6 Å². The van der Waals surface area contributed by atoms with Crippen LogP contribution in [-0.2, 0) is 5.54 Å². The van der Waals surface area contributed by atoms with Crippen LogP contribution in [0, 0.1) is 5.92 Å². The lowest BCUT2D eigenvalue weighted by Crippen LogP contribution is -2.42. The number of nitrogens with one attached hydrogen (secondary N) is 2. The summed E-state index contributed by atoms with van der Waals surface area (Å²) in [6.07, 6.45) is 0. The first-order valence-electron chi connectivity index (χ1n) is 8.13. The van der Waals surface area contributed by atoms with E-state index in [2.05, 4.69) is 34.9 Å². The first kappa shape index (κ1) is 15.4. The minimum Gasteiger partial charge on any atom is -0.314 e. The number of benzene rings is 2. The van der Waals surface area contributed by atoms with Crippen molar-refractivity contribution in [3.63, 3.8) is 0 Å². The van der Waals surface area contributed by atoms with Gasteiger partial charge >= 0.3 is 0 Å². The number of carbonyl (C=O) groups excluding carboxylic acids is 1. The Labute approximate surface area is 145 Å². The molecule has 2 aliphatic heterocycles. The molecule has 1 fully saturated rings. The highest BCUT2D eigenvalue weighted by molar-refractivity contribution is 8.13. The predicted octanol–water partition coefficient (Wildman–Crippen LogP) is 2.63. The van der Waals surface area contributed by atoms with Gasteiger partial charge in [-0.15, -0.1) is 0 Å². The minimum atomic E-state index is -0.272. The molecule has 1 saturated heterocycles. The van der Waals surface area contributed by atoms with Gasteiger partial charge in [-0.05, 0) is 17.7 Å². The molecule has 1 unspecified atom stereocenters. The standard InChI is InChI=1S/C19H19N3OS/c23-17(14-7-3-1-4-8-14)21-18-22-19(15-9-5-2-6-10-15)13-20-11-16(19)12-24-18/h1-10,16,20H,11-13H2,(H,21,22,23)/t16-,19?/m0/s1. The molecule has 1 amide bonds. The van der Waals surface area contributed by atoms with Crippen molar-refractivity contribution < 1.29 is 4.79 Å². The van der Waals surface area contributed by atoms with Gasteiger partial charge in [-0.25, -0.2) is 4.99 Å². The molecule has 0 radical (unpaired) electrons. The van der Waals surface area contributed by atoms with Crippen molar-refractivity contribution >= 4 is 22.8 Å². The Morgan fingerprint density at radius 3 is 2.58 bits per heavy atom. The number of hydrogen-bond donors (Lipinski definition) is 2. The summed E-state index contributed by atoms with van der Waals surface area (Å²) < 4.78 is 0. The average molecular weight is 337 g/mol. The topological polar surface area (TPSA) is 53.5 Å². The molecular formula is C19H19N3OS. The van der Waals surface area contributed by atoms with E-state index in [1.807, 2.05) is 36.4 Å². The molecule has 2 aromatic carbocycles. The first-order valence-corrected chi connectivity index (χ1v) is 9.12. The fraction of sp³-hybridized carbons (Fsp3) is 0.263. The van der Waals surface area contributed by atoms with Crippen LogP contribution >= 0.6 is 11.8 Å². The zero-order chi connectivity index (χ0) is 16.4. The number of carbonyl (C=O) groups is 1. The van der Waals surface area contributed by atoms with Crippen molar-refractivity contribution in [1.82, 2.24) is 10.6 Å². The maximum absolute atomic E-state index is 12.4. The third kappa shape index (κ3) is 2.74. The van der Waals surface area contributed by atoms with Gasteiger partial charge in [-0.1, -0.05) is 60.3 Å². The smallest absolute Gasteiger partial charge is 0.257 e. The second kappa shape index (κ2) is 6.42. The van der Waals surface area contributed by atoms with Crippen molar-refractivity contribution in [3.05, 3.63) is 71.8 Å². The molecule has 4 rings (SSSR count). The second-order valence-corrected chi connectivity index (χ2v) is 7.17. The Balaban J connectivity index is 1.64. The van der Waals surface area contributed by atoms with Gasteiger partial charge in [0.25, 0.3) is 5.91 Å². The molecule has 4 nitrogen and oxygen atoms in total. The Hall–Kier alpha value is -2.11. The van der Waals surface area contributed by atoms with E-state index in [0.717, 1.165) is 18.8 Å². The van der Waals surface area contributed by atoms with Gasteiger partial charge in [0.1, 0.15) is 5.54 Å². The van der Waals surface area contributed by atoms with Crippen LogP contribution < -0.4 is 10.6 Å². The van der Waals surface area contributed by atoms with E-state index < -0.39 is 0 Å². The summed E-state index contributed by atoms with van der Waals surface area (Å²) >= 11 is 1.63. The van der Waals surface area contributed by atoms with Gasteiger partial charge in [-0.2, -0.15) is 0 Å². The Kier molecular flexibility index (Phi) is 4.12. The van der Waals surface area contributed by atoms with Crippen molar-refractivity contribution in [2.24, 2.45) is 10.9 Å². The Morgan fingerprint density at radius 2 is 1.83 bits per heavy atom. The summed E-state index contributed by atoms with van der Waals surface area (Å²) in [6.45, 7) is 1.78. The number of amides is 1. The van der Waals surface area contributed by atoms with Crippen LogP contribution in [0.2, 0.25) is 0 Å². The van der Waals surface area contributed by atoms with Gasteiger partial charge in [0, 0.05) is 30.3 Å². The van der Waals surface area contributed by atoms with Crippen LogP contribution in [-0.4, -0.2) is 29.9 Å². The molecule has 0 aromatic heterocycles. The number of nitrogens with zero attached hydrogens (tertiary/aromatic N) is 1. The lowest BCUT2D eigenvalue weighted by molar-refractivity contribution is 0.0977. The van der Waals surface area contributed by atoms with E-state index in [4.69, 9.17) is 4.99 Å². The number of aliphatic imine (C=N–C) groups is 1. The summed E-state index contributed by atoms with van der Waals surface area (Å²) in [4.78, 5) is 17.4. The number of hydrogen-bond acceptors (Lipinski definition) is 4. The van der Waals surface area contributed by atoms with E-state index >= 15 is 0 Å². The van der Waals surface area contributed by atoms with Gasteiger partial charge in [-0.3, -0.25) is 4.79 Å². The third-order valence-corrected chi connectivity index (χ3v) is 5.75. The van der Waals surface area contributed by atoms with Crippen LogP contribution in [0.4, 0.5) is 0 Å². The van der Waals surface area contributed by atoms with Gasteiger partial charge in [0.15, 0.2) is 5.17 Å². The highest BCUT2D eigenvalue weighted by atomic mass is 32.2. The van der Waals surface area contributed by atoms with Crippen molar-refractivity contribution in [2.75, 3.05) is 18.8 Å². The lowest BCUT2D eigenvalue weighted by Gasteiger charge is -2.35. The predicted molar refractivity (Wildman–Crippen MR) is 98.3 cm³/mol. The van der Waals surface area contributed by atoms with Crippen LogP contribution in [0.25, 0.3) is 0 Å². The number of fused-ring (bicyclic) bond motifs is 1. The maximum Gasteiger partial charge on any atom is 0.257 e. The molecule has 122 valence electrons. The molecule has 2 N–H and O–H groups in total. The fourth-order valence-electron chi connectivity index (χ4n) is 3.42. The molecule has 2 atom stereocenters. The molecule has 2 aromatic rings. The summed E-state index contributed by atoms with van der Waals surface area (Å²) in [5.41, 5.74) is 1.60. The van der Waals surface area contributed by atoms with Gasteiger partial charge in [0.2, 0.25) is 0 Å². The van der Waals surface area contributed by atoms with Crippen LogP contribution in [0.3, 0.4) is 0 Å². The SMILES string of the molecule is O=C(NC1=NC2(c3ccccc3)CNC[C@H]2CS1)c1ccccc1. The van der Waals surface area contributed by atoms with Crippen molar-refractivity contribution in [2.45, 2.75) is 5.54 Å². The first-order chi connectivity index (χ1) is 11.8. The van der Waals surface area contributed by atoms with Crippen molar-refractivity contribution in [1.29, 1.82) is 0 Å². The van der Waals surface area contributed by atoms with Gasteiger partial charge < -0.3 is 10.6 Å². The Bertz CT molecular complexity index is 763. The summed E-state index contributed by atoms with van der Waals surface area (Å²) in [5.74, 6) is 1.30. The minimum absolute atomic E-state index is 0.102. The molecular weight excluding hydrogens is 318 g/mol. The number of rotatable bonds is 2. The zero-order valence-electron chi connectivity index (χ0n) is 13.2. The molecule has 0 aliphatic carbocycles. The summed E-state index contributed by atoms with van der Waals surface area (Å²) in [7, 11) is 0. The molecule has 0 bridgehead atoms. The average Bonchev–Trinajstić information content (AvgIpc) is 3.07. The quantitative estimate of drug-likeness (QED) is 0.886. The molecule has 0 spiro atoms. The molecule has 5 heteroatoms. The normalized spacial score (nSPS) is 25.7. The lowest BCUT2D eigenvalue weighted by atomic mass is 9.82. The number of amidine groups is 1. The molecule has 24 heavy (non-hydrogen) atoms. The largest absolute Gasteiger partial charge is 0.314 e. The summed E-state index contributed by atoms with van der Waals surface area (Å²) in [6, 6.07) is 19.7. The maximum atomic E-state index is 12.4. The number of thioether (sulfide) groups is 1. The molecule has 0 saturated carbocycles. The fourth-order valence-corrected chi connectivity index (χ4v) is 4.57. The molecule has 2 aliphatic rings. The van der Waals surface area contributed by atoms with Crippen LogP contribution in [0.1, 0.15) is 15.9 Å².